The van der Waals surface area contributed by atoms with Crippen LogP contribution in [0.25, 0.3) is 44.5 Å². The number of imidazole rings is 2. The Balaban J connectivity index is 0.954. The maximum atomic E-state index is 13.8. The lowest BCUT2D eigenvalue weighted by Crippen LogP contribution is -2.51. The summed E-state index contributed by atoms with van der Waals surface area (Å²) >= 11 is 0. The number of carbonyl (C=O) groups is 4. The number of nitrogens with zero attached hydrogens (tertiary/aromatic N) is 4. The number of carbonyl (C=O) groups excluding carboxylic acids is 4. The molecule has 3 aromatic carbocycles. The normalized spacial score (nSPS) is 19.8. The summed E-state index contributed by atoms with van der Waals surface area (Å²) in [5.41, 5.74) is 11.7. The maximum Gasteiger partial charge on any atom is 0.407 e. The molecule has 1 spiro atoms. The van der Waals surface area contributed by atoms with Crippen molar-refractivity contribution in [3.05, 3.63) is 83.6 Å². The van der Waals surface area contributed by atoms with Crippen LogP contribution in [-0.2, 0) is 31.9 Å². The van der Waals surface area contributed by atoms with Crippen molar-refractivity contribution in [2.24, 2.45) is 17.3 Å². The standard InChI is InChI=1S/C50H60N8O6/c1-28(2)42(55-48(61)63-5)46(59)57-22-7-10-40(57)44-51-27-39(54-44)31-14-12-30(13-15-31)33-17-18-34(36-26-50(20-9-21-50)25-35(33)36)32-16-19-37-38(24-32)53-45(52-37)41-11-8-23-58(41)47(60)43(29(3)4)56-49(62)64-6/h12-19,24,27-29,40-43H,7-11,20-23,25-26H2,1-6H3,(H,51,54)(H,52,53)(H,55,61)(H,56,62)/t40-,41-,42-,43?/m0/s1. The molecule has 1 saturated carbocycles. The predicted octanol–water partition coefficient (Wildman–Crippen LogP) is 8.64. The van der Waals surface area contributed by atoms with Gasteiger partial charge < -0.3 is 39.9 Å². The van der Waals surface area contributed by atoms with Crippen LogP contribution in [0.3, 0.4) is 0 Å². The van der Waals surface area contributed by atoms with E-state index in [1.807, 2.05) is 43.7 Å². The van der Waals surface area contributed by atoms with Gasteiger partial charge in [0.15, 0.2) is 0 Å². The smallest absolute Gasteiger partial charge is 0.407 e. The van der Waals surface area contributed by atoms with Crippen molar-refractivity contribution in [3.8, 4) is 33.5 Å². The third-order valence-electron chi connectivity index (χ3n) is 14.3. The number of benzene rings is 3. The Morgan fingerprint density at radius 3 is 1.75 bits per heavy atom. The van der Waals surface area contributed by atoms with E-state index in [0.717, 1.165) is 78.0 Å². The lowest BCUT2D eigenvalue weighted by atomic mass is 9.67. The molecular weight excluding hydrogens is 809 g/mol. The fourth-order valence-corrected chi connectivity index (χ4v) is 10.7. The Bertz CT molecular complexity index is 2570. The second-order valence-electron chi connectivity index (χ2n) is 19.0. The zero-order valence-electron chi connectivity index (χ0n) is 37.8. The molecule has 4 amide bonds. The Hall–Kier alpha value is -6.18. The van der Waals surface area contributed by atoms with Crippen molar-refractivity contribution in [1.82, 2.24) is 40.4 Å². The molecule has 3 fully saturated rings. The minimum atomic E-state index is -0.688. The van der Waals surface area contributed by atoms with Gasteiger partial charge in [0.05, 0.1) is 49.2 Å². The highest BCUT2D eigenvalue weighted by Gasteiger charge is 2.44. The zero-order chi connectivity index (χ0) is 44.9. The summed E-state index contributed by atoms with van der Waals surface area (Å²) in [5.74, 6) is 1.05. The van der Waals surface area contributed by atoms with E-state index in [-0.39, 0.29) is 35.7 Å². The molecule has 1 unspecified atom stereocenters. The molecule has 2 aromatic heterocycles. The molecule has 0 radical (unpaired) electrons. The number of ether oxygens (including phenoxy) is 2. The number of amides is 4. The van der Waals surface area contributed by atoms with Gasteiger partial charge in [-0.1, -0.05) is 76.6 Å². The lowest BCUT2D eigenvalue weighted by Gasteiger charge is -2.38. The SMILES string of the molecule is COC(=O)NC(C(=O)N1CCC[C@H]1c1nc2cc(-c3ccc(-c4ccc(-c5cnc([C@@H]6CCCN6C(=O)[C@@H](NC(=O)OC)C(C)C)[nH]5)cc4)c4c3CC3(CCC3)C4)ccc2[nH]1)C(C)C. The van der Waals surface area contributed by atoms with Gasteiger partial charge in [0.25, 0.3) is 0 Å². The van der Waals surface area contributed by atoms with Gasteiger partial charge in [-0.3, -0.25) is 9.59 Å². The van der Waals surface area contributed by atoms with Crippen LogP contribution in [0, 0.1) is 17.3 Å². The second kappa shape index (κ2) is 17.4. The fourth-order valence-electron chi connectivity index (χ4n) is 10.7. The molecule has 2 saturated heterocycles. The highest BCUT2D eigenvalue weighted by Crippen LogP contribution is 2.55. The molecule has 4 heterocycles. The molecule has 336 valence electrons. The van der Waals surface area contributed by atoms with E-state index in [0.29, 0.717) is 18.5 Å². The lowest BCUT2D eigenvalue weighted by molar-refractivity contribution is -0.136. The summed E-state index contributed by atoms with van der Waals surface area (Å²) in [6.45, 7) is 8.88. The van der Waals surface area contributed by atoms with Gasteiger partial charge in [0.2, 0.25) is 11.8 Å². The monoisotopic (exact) mass is 868 g/mol. The molecule has 4 atom stereocenters. The minimum Gasteiger partial charge on any atom is -0.453 e. The van der Waals surface area contributed by atoms with Gasteiger partial charge >= 0.3 is 12.2 Å². The van der Waals surface area contributed by atoms with Crippen LogP contribution >= 0.6 is 0 Å². The van der Waals surface area contributed by atoms with Crippen LogP contribution in [0.4, 0.5) is 9.59 Å². The van der Waals surface area contributed by atoms with Crippen LogP contribution in [0.2, 0.25) is 0 Å². The highest BCUT2D eigenvalue weighted by molar-refractivity contribution is 5.88. The van der Waals surface area contributed by atoms with Crippen LogP contribution in [-0.4, -0.2) is 93.1 Å². The molecular formula is C50H60N8O6. The zero-order valence-corrected chi connectivity index (χ0v) is 37.8. The average molecular weight is 869 g/mol. The molecule has 2 aliphatic carbocycles. The molecule has 64 heavy (non-hydrogen) atoms. The first-order chi connectivity index (χ1) is 30.9. The van der Waals surface area contributed by atoms with Gasteiger partial charge in [-0.2, -0.15) is 0 Å². The molecule has 2 aliphatic heterocycles. The van der Waals surface area contributed by atoms with E-state index in [4.69, 9.17) is 19.4 Å². The molecule has 14 heteroatoms. The second-order valence-corrected chi connectivity index (χ2v) is 19.0. The largest absolute Gasteiger partial charge is 0.453 e. The summed E-state index contributed by atoms with van der Waals surface area (Å²) in [6.07, 6.45) is 9.82. The summed E-state index contributed by atoms with van der Waals surface area (Å²) < 4.78 is 9.62. The maximum absolute atomic E-state index is 13.8. The van der Waals surface area contributed by atoms with Gasteiger partial charge in [-0.25, -0.2) is 19.6 Å². The van der Waals surface area contributed by atoms with Crippen molar-refractivity contribution < 1.29 is 28.7 Å². The van der Waals surface area contributed by atoms with Crippen molar-refractivity contribution >= 4 is 35.0 Å². The highest BCUT2D eigenvalue weighted by atomic mass is 16.5. The van der Waals surface area contributed by atoms with E-state index in [1.54, 1.807) is 0 Å². The molecule has 9 rings (SSSR count). The topological polar surface area (TPSA) is 175 Å². The third kappa shape index (κ3) is 8.00. The molecule has 5 aromatic rings. The van der Waals surface area contributed by atoms with Gasteiger partial charge in [-0.05, 0) is 120 Å². The number of aromatic nitrogens is 4. The summed E-state index contributed by atoms with van der Waals surface area (Å²) in [4.78, 5) is 72.3. The number of H-pyrrole nitrogens is 2. The average Bonchev–Trinajstić information content (AvgIpc) is 4.14. The van der Waals surface area contributed by atoms with Crippen LogP contribution < -0.4 is 10.6 Å². The number of nitrogens with one attached hydrogen (secondary N) is 4. The molecule has 0 bridgehead atoms. The van der Waals surface area contributed by atoms with Gasteiger partial charge in [0.1, 0.15) is 23.7 Å². The molecule has 4 N–H and O–H groups in total. The van der Waals surface area contributed by atoms with Gasteiger partial charge in [0, 0.05) is 13.1 Å². The first-order valence-corrected chi connectivity index (χ1v) is 23.0. The number of methoxy groups -OCH3 is 2. The van der Waals surface area contributed by atoms with Crippen LogP contribution in [0.1, 0.15) is 108 Å². The number of aromatic amines is 2. The quantitative estimate of drug-likeness (QED) is 0.102. The number of alkyl carbamates (subject to hydrolysis) is 2. The van der Waals surface area contributed by atoms with Crippen molar-refractivity contribution in [1.29, 1.82) is 0 Å². The number of fused-ring (bicyclic) bond motifs is 2. The number of hydrogen-bond acceptors (Lipinski definition) is 8. The summed E-state index contributed by atoms with van der Waals surface area (Å²) in [7, 11) is 2.61. The van der Waals surface area contributed by atoms with E-state index in [2.05, 4.69) is 75.2 Å². The van der Waals surface area contributed by atoms with E-state index in [1.165, 1.54) is 61.3 Å². The number of rotatable bonds is 11. The number of likely N-dealkylation sites (tertiary alicyclic amines) is 2. The predicted molar refractivity (Wildman–Crippen MR) is 244 cm³/mol. The summed E-state index contributed by atoms with van der Waals surface area (Å²) in [5, 5.41) is 5.47. The minimum absolute atomic E-state index is 0.103. The Morgan fingerprint density at radius 2 is 1.22 bits per heavy atom. The van der Waals surface area contributed by atoms with Crippen molar-refractivity contribution in [2.75, 3.05) is 27.3 Å². The van der Waals surface area contributed by atoms with Crippen molar-refractivity contribution in [2.45, 2.75) is 110 Å². The summed E-state index contributed by atoms with van der Waals surface area (Å²) in [6, 6.07) is 18.0. The van der Waals surface area contributed by atoms with Gasteiger partial charge in [-0.15, -0.1) is 0 Å². The van der Waals surface area contributed by atoms with E-state index >= 15 is 0 Å². The molecule has 4 aliphatic rings. The van der Waals surface area contributed by atoms with E-state index < -0.39 is 24.3 Å². The fraction of sp³-hybridized carbons (Fsp3) is 0.480. The third-order valence-corrected chi connectivity index (χ3v) is 14.3. The number of hydrogen-bond donors (Lipinski definition) is 4. The molecule has 14 nitrogen and oxygen atoms in total. The first-order valence-electron chi connectivity index (χ1n) is 23.0. The van der Waals surface area contributed by atoms with Crippen LogP contribution in [0.15, 0.2) is 60.8 Å². The Morgan fingerprint density at radius 1 is 0.688 bits per heavy atom. The Kier molecular flexibility index (Phi) is 11.7. The van der Waals surface area contributed by atoms with Crippen LogP contribution in [0.5, 0.6) is 0 Å². The first kappa shape index (κ1) is 43.1. The van der Waals surface area contributed by atoms with E-state index in [9.17, 15) is 19.2 Å². The Labute approximate surface area is 374 Å². The van der Waals surface area contributed by atoms with Crippen molar-refractivity contribution in [3.63, 3.8) is 0 Å².